The lowest BCUT2D eigenvalue weighted by molar-refractivity contribution is -0.187. The lowest BCUT2D eigenvalue weighted by Gasteiger charge is -2.42. The van der Waals surface area contributed by atoms with Crippen LogP contribution < -0.4 is 0 Å². The summed E-state index contributed by atoms with van der Waals surface area (Å²) in [6, 6.07) is 12.7. The van der Waals surface area contributed by atoms with Gasteiger partial charge in [0.25, 0.3) is 0 Å². The highest BCUT2D eigenvalue weighted by atomic mass is 32.2. The molecule has 1 aromatic rings. The molecule has 4 unspecified atom stereocenters. The van der Waals surface area contributed by atoms with E-state index < -0.39 is 38.0 Å². The SMILES string of the molecule is CC[Si](CC)(CC)OC1COC(Sc2ccccc2)C(OC(C)=O)C1O. The number of ether oxygens (including phenoxy) is 2. The standard InChI is InChI=1S/C19H30O5SSi/c1-5-26(6-2,7-3)24-16-13-22-19(18(17(16)21)23-14(4)20)25-15-11-9-8-10-12-15/h8-12,16-19,21H,5-7,13H2,1-4H3. The van der Waals surface area contributed by atoms with Crippen LogP contribution in [0.4, 0.5) is 0 Å². The number of aliphatic hydroxyl groups is 1. The summed E-state index contributed by atoms with van der Waals surface area (Å²) >= 11 is 1.45. The van der Waals surface area contributed by atoms with E-state index in [1.807, 2.05) is 30.3 Å². The highest BCUT2D eigenvalue weighted by Crippen LogP contribution is 2.35. The summed E-state index contributed by atoms with van der Waals surface area (Å²) < 4.78 is 17.8. The number of thioether (sulfide) groups is 1. The van der Waals surface area contributed by atoms with Crippen molar-refractivity contribution in [3.63, 3.8) is 0 Å². The molecule has 1 aliphatic heterocycles. The van der Waals surface area contributed by atoms with Crippen molar-refractivity contribution in [3.05, 3.63) is 30.3 Å². The maximum atomic E-state index is 11.6. The second kappa shape index (κ2) is 9.89. The molecule has 1 aromatic carbocycles. The molecule has 0 bridgehead atoms. The topological polar surface area (TPSA) is 65.0 Å². The molecule has 1 aliphatic rings. The van der Waals surface area contributed by atoms with E-state index in [9.17, 15) is 9.90 Å². The quantitative estimate of drug-likeness (QED) is 0.530. The lowest BCUT2D eigenvalue weighted by Crippen LogP contribution is -2.57. The largest absolute Gasteiger partial charge is 0.456 e. The molecule has 1 N–H and O–H groups in total. The Balaban J connectivity index is 2.14. The van der Waals surface area contributed by atoms with Gasteiger partial charge in [-0.1, -0.05) is 50.7 Å². The Labute approximate surface area is 161 Å². The van der Waals surface area contributed by atoms with Crippen LogP contribution in [0.3, 0.4) is 0 Å². The first-order valence-electron chi connectivity index (χ1n) is 9.31. The van der Waals surface area contributed by atoms with E-state index in [4.69, 9.17) is 13.9 Å². The van der Waals surface area contributed by atoms with E-state index in [0.29, 0.717) is 6.61 Å². The normalized spacial score (nSPS) is 26.5. The molecule has 146 valence electrons. The molecule has 0 aromatic heterocycles. The molecule has 2 rings (SSSR count). The summed E-state index contributed by atoms with van der Waals surface area (Å²) in [6.45, 7) is 8.09. The summed E-state index contributed by atoms with van der Waals surface area (Å²) in [4.78, 5) is 12.6. The van der Waals surface area contributed by atoms with Crippen LogP contribution in [-0.4, -0.2) is 49.7 Å². The summed E-state index contributed by atoms with van der Waals surface area (Å²) in [5.74, 6) is -0.429. The molecule has 4 atom stereocenters. The van der Waals surface area contributed by atoms with Gasteiger partial charge in [-0.05, 0) is 30.3 Å². The molecular formula is C19H30O5SSi. The number of carbonyl (C=O) groups excluding carboxylic acids is 1. The van der Waals surface area contributed by atoms with E-state index >= 15 is 0 Å². The maximum Gasteiger partial charge on any atom is 0.303 e. The Bertz CT molecular complexity index is 558. The molecule has 0 saturated carbocycles. The Hall–Kier alpha value is -0.863. The van der Waals surface area contributed by atoms with Gasteiger partial charge < -0.3 is 19.0 Å². The molecular weight excluding hydrogens is 368 g/mol. The minimum atomic E-state index is -1.90. The van der Waals surface area contributed by atoms with Crippen molar-refractivity contribution in [2.24, 2.45) is 0 Å². The van der Waals surface area contributed by atoms with E-state index in [-0.39, 0.29) is 0 Å². The van der Waals surface area contributed by atoms with Crippen molar-refractivity contribution < 1.29 is 23.8 Å². The third-order valence-electron chi connectivity index (χ3n) is 5.04. The van der Waals surface area contributed by atoms with Crippen LogP contribution in [-0.2, 0) is 18.7 Å². The number of rotatable bonds is 8. The van der Waals surface area contributed by atoms with Gasteiger partial charge in [0.15, 0.2) is 14.4 Å². The van der Waals surface area contributed by atoms with Crippen molar-refractivity contribution in [2.75, 3.05) is 6.61 Å². The molecule has 1 saturated heterocycles. The minimum absolute atomic E-state index is 0.304. The van der Waals surface area contributed by atoms with Gasteiger partial charge in [0.05, 0.1) is 12.7 Å². The second-order valence-electron chi connectivity index (χ2n) is 6.60. The van der Waals surface area contributed by atoms with Gasteiger partial charge in [0.2, 0.25) is 0 Å². The summed E-state index contributed by atoms with van der Waals surface area (Å²) in [5, 5.41) is 10.9. The summed E-state index contributed by atoms with van der Waals surface area (Å²) in [7, 11) is -1.90. The van der Waals surface area contributed by atoms with Crippen LogP contribution in [0.5, 0.6) is 0 Å². The molecule has 1 heterocycles. The predicted molar refractivity (Wildman–Crippen MR) is 106 cm³/mol. The zero-order chi connectivity index (χ0) is 19.2. The van der Waals surface area contributed by atoms with Gasteiger partial charge in [-0.25, -0.2) is 0 Å². The fourth-order valence-corrected chi connectivity index (χ4v) is 7.16. The first-order valence-corrected chi connectivity index (χ1v) is 12.7. The van der Waals surface area contributed by atoms with Crippen LogP contribution in [0.2, 0.25) is 18.1 Å². The van der Waals surface area contributed by atoms with Crippen LogP contribution in [0.15, 0.2) is 35.2 Å². The highest BCUT2D eigenvalue weighted by Gasteiger charge is 2.45. The zero-order valence-corrected chi connectivity index (χ0v) is 17.8. The molecule has 5 nitrogen and oxygen atoms in total. The van der Waals surface area contributed by atoms with Crippen molar-refractivity contribution >= 4 is 26.0 Å². The van der Waals surface area contributed by atoms with Gasteiger partial charge in [0, 0.05) is 11.8 Å². The fourth-order valence-electron chi connectivity index (χ4n) is 3.23. The van der Waals surface area contributed by atoms with Gasteiger partial charge >= 0.3 is 5.97 Å². The monoisotopic (exact) mass is 398 g/mol. The molecule has 0 spiro atoms. The Kier molecular flexibility index (Phi) is 8.16. The van der Waals surface area contributed by atoms with Crippen LogP contribution >= 0.6 is 11.8 Å². The summed E-state index contributed by atoms with van der Waals surface area (Å²) in [5.41, 5.74) is -0.461. The molecule has 1 fully saturated rings. The fraction of sp³-hybridized carbons (Fsp3) is 0.632. The predicted octanol–water partition coefficient (Wildman–Crippen LogP) is 3.82. The smallest absolute Gasteiger partial charge is 0.303 e. The molecule has 0 aliphatic carbocycles. The average molecular weight is 399 g/mol. The van der Waals surface area contributed by atoms with Crippen LogP contribution in [0.25, 0.3) is 0 Å². The van der Waals surface area contributed by atoms with Crippen LogP contribution in [0, 0.1) is 0 Å². The van der Waals surface area contributed by atoms with Crippen LogP contribution in [0.1, 0.15) is 27.7 Å². The van der Waals surface area contributed by atoms with Crippen molar-refractivity contribution in [3.8, 4) is 0 Å². The Morgan fingerprint density at radius 1 is 1.23 bits per heavy atom. The van der Waals surface area contributed by atoms with Crippen molar-refractivity contribution in [2.45, 2.75) is 74.5 Å². The molecule has 0 radical (unpaired) electrons. The number of hydrogen-bond donors (Lipinski definition) is 1. The first kappa shape index (κ1) is 21.4. The minimum Gasteiger partial charge on any atom is -0.456 e. The van der Waals surface area contributed by atoms with E-state index in [1.54, 1.807) is 0 Å². The lowest BCUT2D eigenvalue weighted by atomic mass is 10.1. The van der Waals surface area contributed by atoms with Gasteiger partial charge in [-0.3, -0.25) is 4.79 Å². The van der Waals surface area contributed by atoms with Gasteiger partial charge in [-0.2, -0.15) is 0 Å². The van der Waals surface area contributed by atoms with Crippen molar-refractivity contribution in [1.82, 2.24) is 0 Å². The Morgan fingerprint density at radius 3 is 2.38 bits per heavy atom. The van der Waals surface area contributed by atoms with Gasteiger partial charge in [0.1, 0.15) is 11.5 Å². The number of aliphatic hydroxyl groups excluding tert-OH is 1. The molecule has 7 heteroatoms. The second-order valence-corrected chi connectivity index (χ2v) is 12.5. The van der Waals surface area contributed by atoms with E-state index in [1.165, 1.54) is 18.7 Å². The first-order chi connectivity index (χ1) is 12.4. The van der Waals surface area contributed by atoms with E-state index in [2.05, 4.69) is 20.8 Å². The number of esters is 1. The van der Waals surface area contributed by atoms with Gasteiger partial charge in [-0.15, -0.1) is 0 Å². The molecule has 0 amide bonds. The number of carbonyl (C=O) groups is 1. The van der Waals surface area contributed by atoms with E-state index in [0.717, 1.165) is 23.0 Å². The number of hydrogen-bond acceptors (Lipinski definition) is 6. The molecule has 26 heavy (non-hydrogen) atoms. The van der Waals surface area contributed by atoms with Crippen molar-refractivity contribution in [1.29, 1.82) is 0 Å². The number of benzene rings is 1. The third kappa shape index (κ3) is 5.33. The summed E-state index contributed by atoms with van der Waals surface area (Å²) in [6.07, 6.45) is -2.11. The highest BCUT2D eigenvalue weighted by molar-refractivity contribution is 7.99. The Morgan fingerprint density at radius 2 is 1.85 bits per heavy atom. The third-order valence-corrected chi connectivity index (χ3v) is 10.9. The average Bonchev–Trinajstić information content (AvgIpc) is 2.65. The maximum absolute atomic E-state index is 11.6. The zero-order valence-electron chi connectivity index (χ0n) is 16.0.